The molecule has 0 spiro atoms. The molecule has 37 heavy (non-hydrogen) atoms. The molecule has 0 bridgehead atoms. The number of amides is 3. The van der Waals surface area contributed by atoms with E-state index in [0.29, 0.717) is 37.0 Å². The van der Waals surface area contributed by atoms with Gasteiger partial charge in [-0.25, -0.2) is 13.2 Å². The maximum atomic E-state index is 13.1. The van der Waals surface area contributed by atoms with Crippen molar-refractivity contribution in [3.8, 4) is 0 Å². The zero-order valence-electron chi connectivity index (χ0n) is 21.2. The van der Waals surface area contributed by atoms with Crippen molar-refractivity contribution in [1.29, 1.82) is 0 Å². The average molecular weight is 549 g/mol. The molecule has 2 aliphatic heterocycles. The first-order valence-corrected chi connectivity index (χ1v) is 14.6. The summed E-state index contributed by atoms with van der Waals surface area (Å²) in [6.07, 6.45) is 1.59. The molecule has 1 fully saturated rings. The highest BCUT2D eigenvalue weighted by Crippen LogP contribution is 2.37. The number of piperidine rings is 1. The van der Waals surface area contributed by atoms with Crippen LogP contribution in [0, 0.1) is 5.92 Å². The third kappa shape index (κ3) is 6.03. The molecule has 1 aromatic heterocycles. The monoisotopic (exact) mass is 548 g/mol. The summed E-state index contributed by atoms with van der Waals surface area (Å²) < 4.78 is 32.4. The Labute approximate surface area is 221 Å². The van der Waals surface area contributed by atoms with Crippen LogP contribution in [0.25, 0.3) is 0 Å². The van der Waals surface area contributed by atoms with Crippen molar-refractivity contribution >= 4 is 44.3 Å². The molecule has 3 amide bonds. The molecule has 200 valence electrons. The van der Waals surface area contributed by atoms with Gasteiger partial charge in [0.1, 0.15) is 5.00 Å². The van der Waals surface area contributed by atoms with Crippen molar-refractivity contribution in [2.24, 2.45) is 5.92 Å². The number of nitrogens with zero attached hydrogens (tertiary/aromatic N) is 2. The number of hydrogen-bond acceptors (Lipinski definition) is 8. The van der Waals surface area contributed by atoms with Gasteiger partial charge in [0, 0.05) is 36.6 Å². The van der Waals surface area contributed by atoms with Gasteiger partial charge in [0.25, 0.3) is 11.8 Å². The van der Waals surface area contributed by atoms with E-state index in [4.69, 9.17) is 4.74 Å². The van der Waals surface area contributed by atoms with E-state index in [1.165, 1.54) is 39.9 Å². The van der Waals surface area contributed by atoms with Crippen LogP contribution in [0.3, 0.4) is 0 Å². The van der Waals surface area contributed by atoms with Crippen LogP contribution in [0.1, 0.15) is 57.8 Å². The number of anilines is 1. The first kappa shape index (κ1) is 27.2. The standard InChI is InChI=1S/C25H32N4O6S2/c1-4-35-25(32)27-23(31)21-19-11-13-28(3)15-20(19)36-24(21)26-22(30)17-7-9-18(10-8-17)37(33,34)29-12-5-6-16(2)14-29/h7-10,16H,4-6,11-15H2,1-3H3,(H,26,30)(H,27,31,32). The van der Waals surface area contributed by atoms with Crippen LogP contribution in [-0.2, 0) is 27.7 Å². The van der Waals surface area contributed by atoms with Crippen molar-refractivity contribution < 1.29 is 27.5 Å². The molecule has 12 heteroatoms. The molecular weight excluding hydrogens is 516 g/mol. The Morgan fingerprint density at radius 3 is 2.54 bits per heavy atom. The van der Waals surface area contributed by atoms with E-state index in [1.807, 2.05) is 14.0 Å². The number of likely N-dealkylation sites (N-methyl/N-ethyl adjacent to an activating group) is 1. The smallest absolute Gasteiger partial charge is 0.414 e. The summed E-state index contributed by atoms with van der Waals surface area (Å²) in [7, 11) is -1.66. The highest BCUT2D eigenvalue weighted by Gasteiger charge is 2.30. The van der Waals surface area contributed by atoms with Gasteiger partial charge in [0.05, 0.1) is 17.1 Å². The molecule has 2 N–H and O–H groups in total. The van der Waals surface area contributed by atoms with E-state index in [1.54, 1.807) is 6.92 Å². The number of imide groups is 1. The largest absolute Gasteiger partial charge is 0.450 e. The first-order chi connectivity index (χ1) is 17.6. The summed E-state index contributed by atoms with van der Waals surface area (Å²) >= 11 is 1.29. The number of thiophene rings is 1. The van der Waals surface area contributed by atoms with E-state index in [2.05, 4.69) is 15.5 Å². The molecular formula is C25H32N4O6S2. The molecule has 2 aliphatic rings. The second-order valence-corrected chi connectivity index (χ2v) is 12.5. The van der Waals surface area contributed by atoms with Gasteiger partial charge in [-0.1, -0.05) is 6.92 Å². The van der Waals surface area contributed by atoms with Gasteiger partial charge in [0.15, 0.2) is 0 Å². The summed E-state index contributed by atoms with van der Waals surface area (Å²) in [5.41, 5.74) is 1.32. The Morgan fingerprint density at radius 2 is 1.86 bits per heavy atom. The number of rotatable bonds is 6. The van der Waals surface area contributed by atoms with Crippen LogP contribution in [0.15, 0.2) is 29.2 Å². The van der Waals surface area contributed by atoms with Gasteiger partial charge in [-0.05, 0) is 69.0 Å². The number of nitrogens with one attached hydrogen (secondary N) is 2. The number of sulfonamides is 1. The Kier molecular flexibility index (Phi) is 8.32. The van der Waals surface area contributed by atoms with Gasteiger partial charge in [0.2, 0.25) is 10.0 Å². The molecule has 4 rings (SSSR count). The fraction of sp³-hybridized carbons (Fsp3) is 0.480. The zero-order chi connectivity index (χ0) is 26.7. The van der Waals surface area contributed by atoms with Crippen molar-refractivity contribution in [3.63, 3.8) is 0 Å². The van der Waals surface area contributed by atoms with Crippen LogP contribution in [0.4, 0.5) is 9.80 Å². The third-order valence-electron chi connectivity index (χ3n) is 6.57. The van der Waals surface area contributed by atoms with Gasteiger partial charge in [-0.15, -0.1) is 11.3 Å². The van der Waals surface area contributed by atoms with E-state index in [-0.39, 0.29) is 22.6 Å². The van der Waals surface area contributed by atoms with Crippen molar-refractivity contribution in [1.82, 2.24) is 14.5 Å². The highest BCUT2D eigenvalue weighted by molar-refractivity contribution is 7.89. The lowest BCUT2D eigenvalue weighted by atomic mass is 10.0. The number of benzene rings is 1. The number of carbonyl (C=O) groups is 3. The zero-order valence-corrected chi connectivity index (χ0v) is 22.8. The lowest BCUT2D eigenvalue weighted by Gasteiger charge is -2.30. The summed E-state index contributed by atoms with van der Waals surface area (Å²) in [6, 6.07) is 5.81. The van der Waals surface area contributed by atoms with E-state index < -0.39 is 27.9 Å². The van der Waals surface area contributed by atoms with Crippen LogP contribution in [0.2, 0.25) is 0 Å². The Hall–Kier alpha value is -2.80. The van der Waals surface area contributed by atoms with Gasteiger partial charge in [-0.3, -0.25) is 14.9 Å². The van der Waals surface area contributed by atoms with Crippen LogP contribution in [-0.4, -0.2) is 68.8 Å². The molecule has 3 heterocycles. The summed E-state index contributed by atoms with van der Waals surface area (Å²) in [5, 5.41) is 5.37. The molecule has 0 saturated carbocycles. The Balaban J connectivity index is 1.55. The van der Waals surface area contributed by atoms with Gasteiger partial charge >= 0.3 is 6.09 Å². The van der Waals surface area contributed by atoms with Gasteiger partial charge in [-0.2, -0.15) is 4.31 Å². The SMILES string of the molecule is CCOC(=O)NC(=O)c1c(NC(=O)c2ccc(S(=O)(=O)N3CCCC(C)C3)cc2)sc2c1CCN(C)C2. The summed E-state index contributed by atoms with van der Waals surface area (Å²) in [5.74, 6) is -0.805. The van der Waals surface area contributed by atoms with E-state index >= 15 is 0 Å². The van der Waals surface area contributed by atoms with E-state index in [9.17, 15) is 22.8 Å². The quantitative estimate of drug-likeness (QED) is 0.567. The number of ether oxygens (including phenoxy) is 1. The predicted molar refractivity (Wildman–Crippen MR) is 140 cm³/mol. The minimum absolute atomic E-state index is 0.123. The normalized spacial score (nSPS) is 18.6. The average Bonchev–Trinajstić information content (AvgIpc) is 3.21. The van der Waals surface area contributed by atoms with Crippen LogP contribution in [0.5, 0.6) is 0 Å². The predicted octanol–water partition coefficient (Wildman–Crippen LogP) is 3.30. The minimum Gasteiger partial charge on any atom is -0.450 e. The van der Waals surface area contributed by atoms with Crippen LogP contribution >= 0.6 is 11.3 Å². The Morgan fingerprint density at radius 1 is 1.14 bits per heavy atom. The van der Waals surface area contributed by atoms with Crippen molar-refractivity contribution in [2.75, 3.05) is 38.6 Å². The first-order valence-electron chi connectivity index (χ1n) is 12.3. The molecule has 1 unspecified atom stereocenters. The second kappa shape index (κ2) is 11.3. The fourth-order valence-corrected chi connectivity index (χ4v) is 7.57. The number of hydrogen-bond donors (Lipinski definition) is 2. The molecule has 1 atom stereocenters. The maximum absolute atomic E-state index is 13.1. The highest BCUT2D eigenvalue weighted by atomic mass is 32.2. The minimum atomic E-state index is -3.64. The molecule has 0 aliphatic carbocycles. The van der Waals surface area contributed by atoms with Crippen molar-refractivity contribution in [3.05, 3.63) is 45.8 Å². The molecule has 2 aromatic rings. The summed E-state index contributed by atoms with van der Waals surface area (Å²) in [6.45, 7) is 6.14. The lowest BCUT2D eigenvalue weighted by molar-refractivity contribution is 0.0924. The van der Waals surface area contributed by atoms with Gasteiger partial charge < -0.3 is 15.0 Å². The van der Waals surface area contributed by atoms with E-state index in [0.717, 1.165) is 29.8 Å². The number of fused-ring (bicyclic) bond motifs is 1. The number of alkyl carbamates (subject to hydrolysis) is 1. The topological polar surface area (TPSA) is 125 Å². The fourth-order valence-electron chi connectivity index (χ4n) is 4.65. The molecule has 1 saturated heterocycles. The number of carbonyl (C=O) groups excluding carboxylic acids is 3. The third-order valence-corrected chi connectivity index (χ3v) is 9.58. The molecule has 1 aromatic carbocycles. The lowest BCUT2D eigenvalue weighted by Crippen LogP contribution is -2.39. The maximum Gasteiger partial charge on any atom is 0.414 e. The summed E-state index contributed by atoms with van der Waals surface area (Å²) in [4.78, 5) is 41.1. The second-order valence-electron chi connectivity index (χ2n) is 9.46. The molecule has 0 radical (unpaired) electrons. The van der Waals surface area contributed by atoms with Crippen LogP contribution < -0.4 is 10.6 Å². The van der Waals surface area contributed by atoms with Crippen molar-refractivity contribution in [2.45, 2.75) is 44.6 Å². The Bertz CT molecular complexity index is 1290. The molecule has 10 nitrogen and oxygen atoms in total.